The molecule has 0 saturated carbocycles. The van der Waals surface area contributed by atoms with E-state index < -0.39 is 5.92 Å². The molecule has 0 aliphatic carbocycles. The van der Waals surface area contributed by atoms with Gasteiger partial charge in [0.1, 0.15) is 5.82 Å². The van der Waals surface area contributed by atoms with Gasteiger partial charge in [0.25, 0.3) is 0 Å². The average molecular weight is 535 g/mol. The standard InChI is InChI=1S/C33H31FN4O2/c1-21-16-23(34)10-11-30(21)38-20-22(17-31(38)39)32(40)37-14-12-33(13-15-37,26-18-35-28-8-4-2-6-24(26)28)27-19-36-29-9-5-3-7-25(27)29/h2-11,16,18-19,22,35-36H,12-15,17,20H2,1H3/t22-/m0/s1. The lowest BCUT2D eigenvalue weighted by Gasteiger charge is -2.43. The minimum atomic E-state index is -0.398. The second-order valence-corrected chi connectivity index (χ2v) is 11.2. The molecular formula is C33H31FN4O2. The highest BCUT2D eigenvalue weighted by molar-refractivity contribution is 6.01. The summed E-state index contributed by atoms with van der Waals surface area (Å²) in [5.74, 6) is -0.785. The topological polar surface area (TPSA) is 72.2 Å². The molecule has 2 aliphatic rings. The maximum Gasteiger partial charge on any atom is 0.228 e. The Hall–Kier alpha value is -4.39. The smallest absolute Gasteiger partial charge is 0.228 e. The molecule has 2 aliphatic heterocycles. The molecule has 7 rings (SSSR count). The number of halogens is 1. The lowest BCUT2D eigenvalue weighted by atomic mass is 9.67. The van der Waals surface area contributed by atoms with Crippen molar-refractivity contribution in [3.63, 3.8) is 0 Å². The molecule has 2 fully saturated rings. The molecule has 5 aromatic rings. The highest BCUT2D eigenvalue weighted by Crippen LogP contribution is 2.47. The van der Waals surface area contributed by atoms with Gasteiger partial charge in [-0.15, -0.1) is 0 Å². The number of benzene rings is 3. The van der Waals surface area contributed by atoms with E-state index in [1.807, 2.05) is 17.0 Å². The highest BCUT2D eigenvalue weighted by Gasteiger charge is 2.44. The SMILES string of the molecule is Cc1cc(F)ccc1N1C[C@@H](C(=O)N2CCC(c3c[nH]c4ccccc34)(c3c[nH]c4ccccc34)CC2)CC1=O. The number of anilines is 1. The van der Waals surface area contributed by atoms with Gasteiger partial charge < -0.3 is 19.8 Å². The summed E-state index contributed by atoms with van der Waals surface area (Å²) in [7, 11) is 0. The van der Waals surface area contributed by atoms with Crippen molar-refractivity contribution in [2.24, 2.45) is 5.92 Å². The minimum Gasteiger partial charge on any atom is -0.361 e. The van der Waals surface area contributed by atoms with Crippen molar-refractivity contribution in [1.29, 1.82) is 0 Å². The van der Waals surface area contributed by atoms with Gasteiger partial charge in [-0.2, -0.15) is 0 Å². The predicted octanol–water partition coefficient (Wildman–Crippen LogP) is 6.06. The Morgan fingerprint density at radius 2 is 1.50 bits per heavy atom. The molecule has 202 valence electrons. The molecule has 7 heteroatoms. The molecule has 0 radical (unpaired) electrons. The summed E-state index contributed by atoms with van der Waals surface area (Å²) < 4.78 is 13.7. The zero-order valence-corrected chi connectivity index (χ0v) is 22.4. The Bertz CT molecular complexity index is 1680. The third kappa shape index (κ3) is 3.83. The maximum atomic E-state index is 13.7. The number of H-pyrrole nitrogens is 2. The van der Waals surface area contributed by atoms with Crippen LogP contribution >= 0.6 is 0 Å². The summed E-state index contributed by atoms with van der Waals surface area (Å²) >= 11 is 0. The molecule has 0 bridgehead atoms. The fourth-order valence-electron chi connectivity index (χ4n) is 7.01. The number of aryl methyl sites for hydroxylation is 1. The van der Waals surface area contributed by atoms with Crippen LogP contribution in [0.15, 0.2) is 79.1 Å². The number of hydrogen-bond acceptors (Lipinski definition) is 2. The van der Waals surface area contributed by atoms with Crippen LogP contribution in [0, 0.1) is 18.7 Å². The Morgan fingerprint density at radius 1 is 0.900 bits per heavy atom. The molecule has 4 heterocycles. The van der Waals surface area contributed by atoms with E-state index in [0.29, 0.717) is 30.9 Å². The summed E-state index contributed by atoms with van der Waals surface area (Å²) in [5, 5.41) is 2.42. The lowest BCUT2D eigenvalue weighted by molar-refractivity contribution is -0.137. The summed E-state index contributed by atoms with van der Waals surface area (Å²) in [6, 6.07) is 21.2. The largest absolute Gasteiger partial charge is 0.361 e. The summed E-state index contributed by atoms with van der Waals surface area (Å²) in [6.45, 7) is 3.34. The molecule has 6 nitrogen and oxygen atoms in total. The van der Waals surface area contributed by atoms with Crippen molar-refractivity contribution >= 4 is 39.3 Å². The van der Waals surface area contributed by atoms with Crippen LogP contribution < -0.4 is 4.90 Å². The van der Waals surface area contributed by atoms with Crippen LogP contribution in [0.4, 0.5) is 10.1 Å². The van der Waals surface area contributed by atoms with Gasteiger partial charge in [0.2, 0.25) is 11.8 Å². The fourth-order valence-corrected chi connectivity index (χ4v) is 7.01. The summed E-state index contributed by atoms with van der Waals surface area (Å²) in [4.78, 5) is 37.2. The number of carbonyl (C=O) groups is 2. The van der Waals surface area contributed by atoms with Crippen molar-refractivity contribution in [3.8, 4) is 0 Å². The third-order valence-electron chi connectivity index (χ3n) is 9.06. The molecule has 2 amide bonds. The molecule has 0 spiro atoms. The van der Waals surface area contributed by atoms with Crippen LogP contribution in [0.5, 0.6) is 0 Å². The third-order valence-corrected chi connectivity index (χ3v) is 9.06. The zero-order valence-electron chi connectivity index (χ0n) is 22.4. The van der Waals surface area contributed by atoms with E-state index in [1.165, 1.54) is 34.0 Å². The number of nitrogens with zero attached hydrogens (tertiary/aromatic N) is 2. The average Bonchev–Trinajstić information content (AvgIpc) is 3.70. The number of carbonyl (C=O) groups excluding carboxylic acids is 2. The van der Waals surface area contributed by atoms with Crippen molar-refractivity contribution in [2.75, 3.05) is 24.5 Å². The first kappa shape index (κ1) is 24.6. The van der Waals surface area contributed by atoms with Crippen LogP contribution in [0.2, 0.25) is 0 Å². The Labute approximate surface area is 231 Å². The van der Waals surface area contributed by atoms with Crippen LogP contribution in [-0.2, 0) is 15.0 Å². The number of hydrogen-bond donors (Lipinski definition) is 2. The van der Waals surface area contributed by atoms with Gasteiger partial charge in [-0.25, -0.2) is 4.39 Å². The van der Waals surface area contributed by atoms with Gasteiger partial charge in [0.05, 0.1) is 5.92 Å². The van der Waals surface area contributed by atoms with E-state index >= 15 is 0 Å². The van der Waals surface area contributed by atoms with Crippen LogP contribution in [0.3, 0.4) is 0 Å². The lowest BCUT2D eigenvalue weighted by Crippen LogP contribution is -2.47. The van der Waals surface area contributed by atoms with Crippen LogP contribution in [0.1, 0.15) is 36.0 Å². The molecule has 2 N–H and O–H groups in total. The number of nitrogens with one attached hydrogen (secondary N) is 2. The van der Waals surface area contributed by atoms with E-state index in [9.17, 15) is 14.0 Å². The van der Waals surface area contributed by atoms with Gasteiger partial charge in [-0.05, 0) is 66.8 Å². The summed E-state index contributed by atoms with van der Waals surface area (Å²) in [6.07, 6.45) is 6.03. The van der Waals surface area contributed by atoms with Crippen LogP contribution in [-0.4, -0.2) is 46.3 Å². The summed E-state index contributed by atoms with van der Waals surface area (Å²) in [5.41, 5.74) is 5.84. The van der Waals surface area contributed by atoms with Crippen molar-refractivity contribution in [1.82, 2.24) is 14.9 Å². The second kappa shape index (κ2) is 9.37. The predicted molar refractivity (Wildman–Crippen MR) is 155 cm³/mol. The van der Waals surface area contributed by atoms with E-state index in [1.54, 1.807) is 17.9 Å². The fraction of sp³-hybridized carbons (Fsp3) is 0.273. The Kier molecular flexibility index (Phi) is 5.77. The van der Waals surface area contributed by atoms with E-state index in [4.69, 9.17) is 0 Å². The number of para-hydroxylation sites is 2. The van der Waals surface area contributed by atoms with Crippen molar-refractivity contribution in [2.45, 2.75) is 31.6 Å². The van der Waals surface area contributed by atoms with Crippen molar-refractivity contribution < 1.29 is 14.0 Å². The van der Waals surface area contributed by atoms with Gasteiger partial charge in [-0.3, -0.25) is 9.59 Å². The Balaban J connectivity index is 1.18. The quantitative estimate of drug-likeness (QED) is 0.294. The van der Waals surface area contributed by atoms with Gasteiger partial charge in [0, 0.05) is 71.4 Å². The van der Waals surface area contributed by atoms with Gasteiger partial charge >= 0.3 is 0 Å². The first-order chi connectivity index (χ1) is 19.4. The molecule has 1 atom stereocenters. The first-order valence-electron chi connectivity index (χ1n) is 13.9. The van der Waals surface area contributed by atoms with Crippen LogP contribution in [0.25, 0.3) is 21.8 Å². The van der Waals surface area contributed by atoms with Crippen molar-refractivity contribution in [3.05, 3.63) is 102 Å². The molecule has 2 aromatic heterocycles. The molecule has 40 heavy (non-hydrogen) atoms. The van der Waals surface area contributed by atoms with E-state index in [-0.39, 0.29) is 29.5 Å². The number of rotatable bonds is 4. The van der Waals surface area contributed by atoms with E-state index in [0.717, 1.165) is 23.9 Å². The monoisotopic (exact) mass is 534 g/mol. The second-order valence-electron chi connectivity index (χ2n) is 11.2. The zero-order chi connectivity index (χ0) is 27.4. The number of aromatic nitrogens is 2. The molecule has 2 saturated heterocycles. The Morgan fingerprint density at radius 3 is 2.10 bits per heavy atom. The number of fused-ring (bicyclic) bond motifs is 2. The number of piperidine rings is 1. The first-order valence-corrected chi connectivity index (χ1v) is 13.9. The normalized spacial score (nSPS) is 19.1. The van der Waals surface area contributed by atoms with Gasteiger partial charge in [0.15, 0.2) is 0 Å². The van der Waals surface area contributed by atoms with E-state index in [2.05, 4.69) is 58.8 Å². The molecule has 3 aromatic carbocycles. The molecule has 0 unspecified atom stereocenters. The number of amides is 2. The maximum absolute atomic E-state index is 13.7. The molecular weight excluding hydrogens is 503 g/mol. The number of aromatic amines is 2. The minimum absolute atomic E-state index is 0.0297. The van der Waals surface area contributed by atoms with Gasteiger partial charge in [-0.1, -0.05) is 36.4 Å². The number of likely N-dealkylation sites (tertiary alicyclic amines) is 1. The highest BCUT2D eigenvalue weighted by atomic mass is 19.1.